The Morgan fingerprint density at radius 1 is 1.33 bits per heavy atom. The van der Waals surface area contributed by atoms with Gasteiger partial charge in [0.15, 0.2) is 0 Å². The number of anilines is 1. The summed E-state index contributed by atoms with van der Waals surface area (Å²) in [5.74, 6) is 0. The second kappa shape index (κ2) is 7.01. The molecule has 1 aliphatic rings. The zero-order valence-electron chi connectivity index (χ0n) is 11.2. The fourth-order valence-electron chi connectivity index (χ4n) is 2.81. The number of halogens is 1. The molecule has 2 nitrogen and oxygen atoms in total. The number of nitrogens with one attached hydrogen (secondary N) is 1. The average Bonchev–Trinajstić information content (AvgIpc) is 2.88. The lowest BCUT2D eigenvalue weighted by Gasteiger charge is -2.27. The first kappa shape index (κ1) is 13.7. The molecule has 0 bridgehead atoms. The van der Waals surface area contributed by atoms with Crippen LogP contribution < -0.4 is 5.32 Å². The van der Waals surface area contributed by atoms with Gasteiger partial charge in [0, 0.05) is 29.8 Å². The molecule has 0 aliphatic heterocycles. The quantitative estimate of drug-likeness (QED) is 0.837. The highest BCUT2D eigenvalue weighted by Gasteiger charge is 2.20. The maximum atomic E-state index is 5.97. The van der Waals surface area contributed by atoms with Crippen molar-refractivity contribution in [3.8, 4) is 0 Å². The van der Waals surface area contributed by atoms with Crippen LogP contribution in [-0.4, -0.2) is 30.6 Å². The molecule has 1 N–H and O–H groups in total. The van der Waals surface area contributed by atoms with E-state index >= 15 is 0 Å². The first-order chi connectivity index (χ1) is 8.79. The van der Waals surface area contributed by atoms with Gasteiger partial charge in [0.1, 0.15) is 0 Å². The molecule has 2 rings (SSSR count). The van der Waals surface area contributed by atoms with Gasteiger partial charge in [-0.05, 0) is 37.6 Å². The Kier molecular flexibility index (Phi) is 5.33. The van der Waals surface area contributed by atoms with Crippen LogP contribution in [0.2, 0.25) is 5.02 Å². The van der Waals surface area contributed by atoms with Crippen molar-refractivity contribution in [1.29, 1.82) is 0 Å². The topological polar surface area (TPSA) is 15.3 Å². The molecule has 1 fully saturated rings. The zero-order chi connectivity index (χ0) is 12.8. The molecule has 1 aromatic carbocycles. The Hall–Kier alpha value is -0.730. The standard InChI is InChI=1S/C15H23ClN2/c1-2-18(15-8-3-4-9-15)11-10-17-14-7-5-6-13(16)12-14/h5-7,12,15,17H,2-4,8-11H2,1H3. The maximum Gasteiger partial charge on any atom is 0.0426 e. The van der Waals surface area contributed by atoms with Gasteiger partial charge in [0.05, 0.1) is 0 Å². The minimum Gasteiger partial charge on any atom is -0.384 e. The lowest BCUT2D eigenvalue weighted by molar-refractivity contribution is 0.217. The minimum atomic E-state index is 0.795. The van der Waals surface area contributed by atoms with Crippen molar-refractivity contribution in [2.24, 2.45) is 0 Å². The maximum absolute atomic E-state index is 5.97. The van der Waals surface area contributed by atoms with E-state index in [0.29, 0.717) is 0 Å². The zero-order valence-corrected chi connectivity index (χ0v) is 11.9. The Balaban J connectivity index is 1.76. The fourth-order valence-corrected chi connectivity index (χ4v) is 3.00. The van der Waals surface area contributed by atoms with E-state index in [2.05, 4.69) is 23.2 Å². The Morgan fingerprint density at radius 3 is 2.78 bits per heavy atom. The third kappa shape index (κ3) is 3.89. The van der Waals surface area contributed by atoms with Crippen molar-refractivity contribution in [2.75, 3.05) is 25.0 Å². The van der Waals surface area contributed by atoms with Gasteiger partial charge in [-0.15, -0.1) is 0 Å². The van der Waals surface area contributed by atoms with E-state index < -0.39 is 0 Å². The largest absolute Gasteiger partial charge is 0.384 e. The summed E-state index contributed by atoms with van der Waals surface area (Å²) in [7, 11) is 0. The third-order valence-corrected chi connectivity index (χ3v) is 4.04. The molecular formula is C15H23ClN2. The second-order valence-corrected chi connectivity index (χ2v) is 5.44. The van der Waals surface area contributed by atoms with Gasteiger partial charge >= 0.3 is 0 Å². The molecular weight excluding hydrogens is 244 g/mol. The lowest BCUT2D eigenvalue weighted by atomic mass is 10.2. The monoisotopic (exact) mass is 266 g/mol. The van der Waals surface area contributed by atoms with E-state index in [1.165, 1.54) is 25.7 Å². The van der Waals surface area contributed by atoms with E-state index in [1.54, 1.807) is 0 Å². The summed E-state index contributed by atoms with van der Waals surface area (Å²) in [5, 5.41) is 4.24. The summed E-state index contributed by atoms with van der Waals surface area (Å²) >= 11 is 5.97. The molecule has 1 aliphatic carbocycles. The normalized spacial score (nSPS) is 16.4. The highest BCUT2D eigenvalue weighted by molar-refractivity contribution is 6.30. The van der Waals surface area contributed by atoms with E-state index in [4.69, 9.17) is 11.6 Å². The highest BCUT2D eigenvalue weighted by atomic mass is 35.5. The molecule has 3 heteroatoms. The third-order valence-electron chi connectivity index (χ3n) is 3.80. The molecule has 1 saturated carbocycles. The number of rotatable bonds is 6. The molecule has 0 radical (unpaired) electrons. The summed E-state index contributed by atoms with van der Waals surface area (Å²) in [6.07, 6.45) is 5.57. The smallest absolute Gasteiger partial charge is 0.0426 e. The molecule has 18 heavy (non-hydrogen) atoms. The minimum absolute atomic E-state index is 0.795. The fraction of sp³-hybridized carbons (Fsp3) is 0.600. The highest BCUT2D eigenvalue weighted by Crippen LogP contribution is 2.23. The summed E-state index contributed by atoms with van der Waals surface area (Å²) < 4.78 is 0. The first-order valence-electron chi connectivity index (χ1n) is 7.03. The molecule has 0 atom stereocenters. The summed E-state index contributed by atoms with van der Waals surface area (Å²) in [4.78, 5) is 2.60. The predicted octanol–water partition coefficient (Wildman–Crippen LogP) is 4.02. The lowest BCUT2D eigenvalue weighted by Crippen LogP contribution is -2.36. The van der Waals surface area contributed by atoms with Gasteiger partial charge in [0.25, 0.3) is 0 Å². The van der Waals surface area contributed by atoms with Crippen LogP contribution in [-0.2, 0) is 0 Å². The summed E-state index contributed by atoms with van der Waals surface area (Å²) in [6.45, 7) is 5.53. The van der Waals surface area contributed by atoms with Crippen LogP contribution >= 0.6 is 11.6 Å². The number of hydrogen-bond donors (Lipinski definition) is 1. The van der Waals surface area contributed by atoms with Gasteiger partial charge in [-0.3, -0.25) is 4.90 Å². The number of likely N-dealkylation sites (N-methyl/N-ethyl adjacent to an activating group) is 1. The molecule has 0 saturated heterocycles. The van der Waals surface area contributed by atoms with Crippen LogP contribution in [0.4, 0.5) is 5.69 Å². The predicted molar refractivity (Wildman–Crippen MR) is 79.4 cm³/mol. The first-order valence-corrected chi connectivity index (χ1v) is 7.41. The van der Waals surface area contributed by atoms with Crippen LogP contribution in [0.5, 0.6) is 0 Å². The van der Waals surface area contributed by atoms with Crippen LogP contribution in [0.1, 0.15) is 32.6 Å². The molecule has 0 amide bonds. The number of hydrogen-bond acceptors (Lipinski definition) is 2. The van der Waals surface area contributed by atoms with Crippen LogP contribution in [0.3, 0.4) is 0 Å². The molecule has 1 aromatic rings. The van der Waals surface area contributed by atoms with Gasteiger partial charge in [-0.25, -0.2) is 0 Å². The Bertz CT molecular complexity index is 361. The van der Waals surface area contributed by atoms with Gasteiger partial charge < -0.3 is 5.32 Å². The van der Waals surface area contributed by atoms with Crippen LogP contribution in [0.15, 0.2) is 24.3 Å². The van der Waals surface area contributed by atoms with Crippen LogP contribution in [0, 0.1) is 0 Å². The van der Waals surface area contributed by atoms with Crippen molar-refractivity contribution >= 4 is 17.3 Å². The van der Waals surface area contributed by atoms with Crippen molar-refractivity contribution in [3.05, 3.63) is 29.3 Å². The van der Waals surface area contributed by atoms with Gasteiger partial charge in [-0.2, -0.15) is 0 Å². The van der Waals surface area contributed by atoms with Gasteiger partial charge in [-0.1, -0.05) is 37.4 Å². The van der Waals surface area contributed by atoms with E-state index in [1.807, 2.05) is 18.2 Å². The van der Waals surface area contributed by atoms with Crippen molar-refractivity contribution in [3.63, 3.8) is 0 Å². The van der Waals surface area contributed by atoms with E-state index in [-0.39, 0.29) is 0 Å². The average molecular weight is 267 g/mol. The van der Waals surface area contributed by atoms with Crippen LogP contribution in [0.25, 0.3) is 0 Å². The van der Waals surface area contributed by atoms with Crippen molar-refractivity contribution < 1.29 is 0 Å². The molecule has 100 valence electrons. The Labute approximate surface area is 115 Å². The molecule has 0 unspecified atom stereocenters. The molecule has 0 spiro atoms. The Morgan fingerprint density at radius 2 is 2.11 bits per heavy atom. The van der Waals surface area contributed by atoms with Crippen molar-refractivity contribution in [2.45, 2.75) is 38.6 Å². The molecule has 0 aromatic heterocycles. The van der Waals surface area contributed by atoms with E-state index in [9.17, 15) is 0 Å². The second-order valence-electron chi connectivity index (χ2n) is 5.00. The summed E-state index contributed by atoms with van der Waals surface area (Å²) in [5.41, 5.74) is 1.12. The van der Waals surface area contributed by atoms with Gasteiger partial charge in [0.2, 0.25) is 0 Å². The number of nitrogens with zero attached hydrogens (tertiary/aromatic N) is 1. The van der Waals surface area contributed by atoms with E-state index in [0.717, 1.165) is 36.4 Å². The number of benzene rings is 1. The molecule has 0 heterocycles. The van der Waals surface area contributed by atoms with Crippen molar-refractivity contribution in [1.82, 2.24) is 4.90 Å². The SMILES string of the molecule is CCN(CCNc1cccc(Cl)c1)C1CCCC1. The summed E-state index contributed by atoms with van der Waals surface area (Å²) in [6, 6.07) is 8.75.